The zero-order chi connectivity index (χ0) is 10.9. The second-order valence-corrected chi connectivity index (χ2v) is 5.72. The zero-order valence-electron chi connectivity index (χ0n) is 10.4. The van der Waals surface area contributed by atoms with Gasteiger partial charge in [0.15, 0.2) is 0 Å². The summed E-state index contributed by atoms with van der Waals surface area (Å²) >= 11 is 0. The molecule has 0 atom stereocenters. The highest BCUT2D eigenvalue weighted by Gasteiger charge is 2.35. The molecule has 0 bridgehead atoms. The summed E-state index contributed by atoms with van der Waals surface area (Å²) in [7, 11) is 2.24. The largest absolute Gasteiger partial charge is 0.314 e. The fourth-order valence-corrected chi connectivity index (χ4v) is 2.98. The van der Waals surface area contributed by atoms with Crippen molar-refractivity contribution in [3.8, 4) is 0 Å². The lowest BCUT2D eigenvalue weighted by atomic mass is 9.93. The van der Waals surface area contributed by atoms with Gasteiger partial charge in [-0.15, -0.1) is 0 Å². The van der Waals surface area contributed by atoms with Crippen molar-refractivity contribution in [3.63, 3.8) is 0 Å². The Morgan fingerprint density at radius 2 is 1.80 bits per heavy atom. The van der Waals surface area contributed by atoms with Gasteiger partial charge in [0.1, 0.15) is 0 Å². The topological polar surface area (TPSA) is 18.5 Å². The number of likely N-dealkylation sites (tertiary alicyclic amines) is 1. The van der Waals surface area contributed by atoms with Crippen LogP contribution in [0, 0.1) is 0 Å². The first kappa shape index (κ1) is 11.4. The first-order valence-electron chi connectivity index (χ1n) is 6.25. The number of piperazine rings is 1. The van der Waals surface area contributed by atoms with Crippen molar-refractivity contribution in [2.24, 2.45) is 0 Å². The summed E-state index contributed by atoms with van der Waals surface area (Å²) in [5.74, 6) is 0. The molecule has 0 aromatic carbocycles. The molecule has 1 N–H and O–H groups in total. The summed E-state index contributed by atoms with van der Waals surface area (Å²) in [5, 5.41) is 3.50. The predicted molar refractivity (Wildman–Crippen MR) is 64.2 cm³/mol. The summed E-state index contributed by atoms with van der Waals surface area (Å²) in [6.07, 6.45) is 2.69. The summed E-state index contributed by atoms with van der Waals surface area (Å²) in [6, 6.07) is 0.818. The molecule has 0 unspecified atom stereocenters. The van der Waals surface area contributed by atoms with Gasteiger partial charge in [0.05, 0.1) is 0 Å². The lowest BCUT2D eigenvalue weighted by molar-refractivity contribution is 0.0176. The minimum Gasteiger partial charge on any atom is -0.314 e. The zero-order valence-corrected chi connectivity index (χ0v) is 10.4. The lowest BCUT2D eigenvalue weighted by Crippen LogP contribution is -2.62. The molecule has 0 radical (unpaired) electrons. The van der Waals surface area contributed by atoms with E-state index < -0.39 is 0 Å². The molecule has 0 aliphatic carbocycles. The molecular formula is C12H25N3. The molecule has 0 spiro atoms. The van der Waals surface area contributed by atoms with Crippen molar-refractivity contribution in [3.05, 3.63) is 0 Å². The van der Waals surface area contributed by atoms with Gasteiger partial charge in [-0.05, 0) is 46.8 Å². The van der Waals surface area contributed by atoms with Crippen molar-refractivity contribution >= 4 is 0 Å². The third-order valence-electron chi connectivity index (χ3n) is 3.99. The van der Waals surface area contributed by atoms with Gasteiger partial charge >= 0.3 is 0 Å². The molecule has 0 saturated carbocycles. The van der Waals surface area contributed by atoms with Crippen molar-refractivity contribution in [1.29, 1.82) is 0 Å². The predicted octanol–water partition coefficient (Wildman–Crippen LogP) is 0.764. The minimum absolute atomic E-state index is 0.346. The minimum atomic E-state index is 0.346. The van der Waals surface area contributed by atoms with Gasteiger partial charge in [-0.2, -0.15) is 0 Å². The number of piperidine rings is 1. The van der Waals surface area contributed by atoms with E-state index in [4.69, 9.17) is 0 Å². The van der Waals surface area contributed by atoms with E-state index in [-0.39, 0.29) is 0 Å². The maximum atomic E-state index is 3.50. The van der Waals surface area contributed by atoms with E-state index in [0.717, 1.165) is 19.1 Å². The quantitative estimate of drug-likeness (QED) is 0.691. The summed E-state index contributed by atoms with van der Waals surface area (Å²) in [4.78, 5) is 5.18. The van der Waals surface area contributed by atoms with Crippen LogP contribution in [0.3, 0.4) is 0 Å². The highest BCUT2D eigenvalue weighted by Crippen LogP contribution is 2.25. The maximum Gasteiger partial charge on any atom is 0.0281 e. The van der Waals surface area contributed by atoms with Gasteiger partial charge in [0.25, 0.3) is 0 Å². The molecule has 0 aromatic rings. The van der Waals surface area contributed by atoms with E-state index in [0.29, 0.717) is 5.54 Å². The molecular weight excluding hydrogens is 186 g/mol. The molecule has 2 fully saturated rings. The summed E-state index contributed by atoms with van der Waals surface area (Å²) < 4.78 is 0. The molecule has 2 aliphatic rings. The van der Waals surface area contributed by atoms with Crippen molar-refractivity contribution < 1.29 is 0 Å². The lowest BCUT2D eigenvalue weighted by Gasteiger charge is -2.49. The van der Waals surface area contributed by atoms with Crippen LogP contribution >= 0.6 is 0 Å². The molecule has 3 nitrogen and oxygen atoms in total. The number of hydrogen-bond donors (Lipinski definition) is 1. The normalized spacial score (nSPS) is 30.6. The average Bonchev–Trinajstić information content (AvgIpc) is 2.19. The van der Waals surface area contributed by atoms with Gasteiger partial charge in [0.2, 0.25) is 0 Å². The Kier molecular flexibility index (Phi) is 3.33. The van der Waals surface area contributed by atoms with E-state index in [1.807, 2.05) is 0 Å². The highest BCUT2D eigenvalue weighted by atomic mass is 15.3. The first-order valence-corrected chi connectivity index (χ1v) is 6.25. The standard InChI is InChI=1S/C12H25N3/c1-12(2)10-13-6-9-15(12)11-4-7-14(3)8-5-11/h11,13H,4-10H2,1-3H3. The van der Waals surface area contributed by atoms with Crippen LogP contribution in [0.1, 0.15) is 26.7 Å². The molecule has 2 saturated heterocycles. The van der Waals surface area contributed by atoms with Gasteiger partial charge in [-0.25, -0.2) is 0 Å². The van der Waals surface area contributed by atoms with Gasteiger partial charge in [-0.3, -0.25) is 4.90 Å². The van der Waals surface area contributed by atoms with Crippen LogP contribution in [0.5, 0.6) is 0 Å². The van der Waals surface area contributed by atoms with E-state index in [1.54, 1.807) is 0 Å². The van der Waals surface area contributed by atoms with E-state index in [1.165, 1.54) is 32.5 Å². The van der Waals surface area contributed by atoms with Gasteiger partial charge in [0, 0.05) is 31.2 Å². The van der Waals surface area contributed by atoms with Gasteiger partial charge in [-0.1, -0.05) is 0 Å². The van der Waals surface area contributed by atoms with Crippen LogP contribution in [0.25, 0.3) is 0 Å². The number of nitrogens with one attached hydrogen (secondary N) is 1. The van der Waals surface area contributed by atoms with Crippen LogP contribution in [0.15, 0.2) is 0 Å². The second-order valence-electron chi connectivity index (χ2n) is 5.72. The van der Waals surface area contributed by atoms with Crippen LogP contribution in [-0.4, -0.2) is 61.2 Å². The highest BCUT2D eigenvalue weighted by molar-refractivity contribution is 4.93. The maximum absolute atomic E-state index is 3.50. The fourth-order valence-electron chi connectivity index (χ4n) is 2.98. The molecule has 0 amide bonds. The fraction of sp³-hybridized carbons (Fsp3) is 1.00. The smallest absolute Gasteiger partial charge is 0.0281 e. The van der Waals surface area contributed by atoms with Crippen molar-refractivity contribution in [1.82, 2.24) is 15.1 Å². The Morgan fingerprint density at radius 1 is 1.13 bits per heavy atom. The van der Waals surface area contributed by atoms with Gasteiger partial charge < -0.3 is 10.2 Å². The monoisotopic (exact) mass is 211 g/mol. The van der Waals surface area contributed by atoms with Crippen LogP contribution in [0.2, 0.25) is 0 Å². The van der Waals surface area contributed by atoms with Crippen LogP contribution in [0.4, 0.5) is 0 Å². The molecule has 88 valence electrons. The number of rotatable bonds is 1. The third kappa shape index (κ3) is 2.52. The third-order valence-corrected chi connectivity index (χ3v) is 3.99. The molecule has 2 heterocycles. The number of hydrogen-bond acceptors (Lipinski definition) is 3. The summed E-state index contributed by atoms with van der Waals surface area (Å²) in [5.41, 5.74) is 0.346. The molecule has 2 rings (SSSR count). The average molecular weight is 211 g/mol. The van der Waals surface area contributed by atoms with E-state index in [9.17, 15) is 0 Å². The Labute approximate surface area is 93.8 Å². The second kappa shape index (κ2) is 4.40. The molecule has 0 aromatic heterocycles. The Balaban J connectivity index is 1.96. The molecule has 15 heavy (non-hydrogen) atoms. The van der Waals surface area contributed by atoms with Crippen molar-refractivity contribution in [2.45, 2.75) is 38.3 Å². The Bertz CT molecular complexity index is 207. The van der Waals surface area contributed by atoms with Crippen molar-refractivity contribution in [2.75, 3.05) is 39.8 Å². The van der Waals surface area contributed by atoms with Crippen LogP contribution < -0.4 is 5.32 Å². The van der Waals surface area contributed by atoms with E-state index >= 15 is 0 Å². The number of nitrogens with zero attached hydrogens (tertiary/aromatic N) is 2. The first-order chi connectivity index (χ1) is 7.09. The SMILES string of the molecule is CN1CCC(N2CCNCC2(C)C)CC1. The Morgan fingerprint density at radius 3 is 2.40 bits per heavy atom. The van der Waals surface area contributed by atoms with Crippen LogP contribution in [-0.2, 0) is 0 Å². The summed E-state index contributed by atoms with van der Waals surface area (Å²) in [6.45, 7) is 10.8. The Hall–Kier alpha value is -0.120. The molecule has 2 aliphatic heterocycles. The van der Waals surface area contributed by atoms with E-state index in [2.05, 4.69) is 36.0 Å². The molecule has 3 heteroatoms.